The van der Waals surface area contributed by atoms with Crippen LogP contribution in [0.5, 0.6) is 0 Å². The molecule has 0 aromatic rings. The lowest BCUT2D eigenvalue weighted by molar-refractivity contribution is -0.127. The molecule has 2 rings (SSSR count). The lowest BCUT2D eigenvalue weighted by Crippen LogP contribution is -2.38. The quantitative estimate of drug-likeness (QED) is 0.229. The fourth-order valence-electron chi connectivity index (χ4n) is 6.00. The Morgan fingerprint density at radius 1 is 1.10 bits per heavy atom. The van der Waals surface area contributed by atoms with Crippen molar-refractivity contribution in [3.63, 3.8) is 0 Å². The summed E-state index contributed by atoms with van der Waals surface area (Å²) in [6, 6.07) is 0.591. The highest BCUT2D eigenvalue weighted by Gasteiger charge is 2.35. The molecule has 5 nitrogen and oxygen atoms in total. The number of Topliss-reactive ketones (excluding diaryl/α,β-unsaturated/α-hetero) is 1. The van der Waals surface area contributed by atoms with Crippen LogP contribution in [0.1, 0.15) is 127 Å². The van der Waals surface area contributed by atoms with Crippen molar-refractivity contribution in [2.75, 3.05) is 14.1 Å². The van der Waals surface area contributed by atoms with E-state index in [1.54, 1.807) is 0 Å². The summed E-state index contributed by atoms with van der Waals surface area (Å²) in [5, 5.41) is 20.0. The van der Waals surface area contributed by atoms with Gasteiger partial charge in [0.25, 0.3) is 0 Å². The number of aliphatic hydroxyl groups excluding tert-OH is 2. The van der Waals surface area contributed by atoms with Crippen molar-refractivity contribution in [3.8, 4) is 0 Å². The summed E-state index contributed by atoms with van der Waals surface area (Å²) in [4.78, 5) is 14.3. The van der Waals surface area contributed by atoms with E-state index in [-0.39, 0.29) is 35.4 Å². The second-order valence-corrected chi connectivity index (χ2v) is 13.0. The SMILES string of the molecule is CC.CC1CC(O)CC(N(C)C)C1.CCCC(=O)C(C)C(O)C(C)CC(C)CCC1C=CC(C)(C(C)CC)O1. The lowest BCUT2D eigenvalue weighted by Gasteiger charge is -2.34. The Bertz CT molecular complexity index is 670. The molecule has 0 aromatic heterocycles. The maximum Gasteiger partial charge on any atom is 0.138 e. The lowest BCUT2D eigenvalue weighted by atomic mass is 9.83. The van der Waals surface area contributed by atoms with Gasteiger partial charge in [-0.05, 0) is 89.6 Å². The summed E-state index contributed by atoms with van der Waals surface area (Å²) in [5.41, 5.74) is -0.124. The highest BCUT2D eigenvalue weighted by molar-refractivity contribution is 5.81. The van der Waals surface area contributed by atoms with Crippen LogP contribution in [0.2, 0.25) is 0 Å². The second-order valence-electron chi connectivity index (χ2n) is 13.0. The van der Waals surface area contributed by atoms with Crippen molar-refractivity contribution < 1.29 is 19.7 Å². The largest absolute Gasteiger partial charge is 0.393 e. The van der Waals surface area contributed by atoms with Gasteiger partial charge in [-0.25, -0.2) is 0 Å². The van der Waals surface area contributed by atoms with E-state index in [1.165, 1.54) is 6.42 Å². The molecule has 2 aliphatic rings. The van der Waals surface area contributed by atoms with Gasteiger partial charge in [0.1, 0.15) is 5.78 Å². The molecule has 1 fully saturated rings. The maximum absolute atomic E-state index is 12.0. The van der Waals surface area contributed by atoms with Gasteiger partial charge in [-0.2, -0.15) is 0 Å². The van der Waals surface area contributed by atoms with Crippen LogP contribution in [0.4, 0.5) is 0 Å². The van der Waals surface area contributed by atoms with Crippen LogP contribution < -0.4 is 0 Å². The number of ether oxygens (including phenoxy) is 1. The zero-order valence-electron chi connectivity index (χ0n) is 27.9. The molecule has 10 atom stereocenters. The first-order valence-electron chi connectivity index (χ1n) is 16.2. The van der Waals surface area contributed by atoms with Gasteiger partial charge >= 0.3 is 0 Å². The van der Waals surface area contributed by atoms with Crippen molar-refractivity contribution in [2.45, 2.75) is 157 Å². The zero-order chi connectivity index (χ0) is 30.3. The standard InChI is InChI=1S/C23H42O3.C9H19NO.C2H6/c1-8-10-21(24)19(6)22(25)17(4)15-16(3)11-12-20-13-14-23(7,26-20)18(5)9-2;1-7-4-8(10(2)3)6-9(11)5-7;1-2/h13-14,16-20,22,25H,8-12,15H2,1-7H3;7-9,11H,4-6H2,1-3H3;1-2H3. The first kappa shape index (κ1) is 38.2. The normalized spacial score (nSPS) is 30.3. The molecule has 2 N–H and O–H groups in total. The van der Waals surface area contributed by atoms with Crippen LogP contribution in [0.25, 0.3) is 0 Å². The van der Waals surface area contributed by atoms with E-state index in [0.29, 0.717) is 30.2 Å². The van der Waals surface area contributed by atoms with Crippen molar-refractivity contribution in [3.05, 3.63) is 12.2 Å². The van der Waals surface area contributed by atoms with E-state index in [4.69, 9.17) is 4.74 Å². The topological polar surface area (TPSA) is 70.0 Å². The predicted molar refractivity (Wildman–Crippen MR) is 167 cm³/mol. The molecule has 39 heavy (non-hydrogen) atoms. The number of aliphatic hydroxyl groups is 2. The number of hydrogen-bond acceptors (Lipinski definition) is 5. The summed E-state index contributed by atoms with van der Waals surface area (Å²) in [6.45, 7) is 21.1. The molecule has 0 radical (unpaired) electrons. The minimum absolute atomic E-state index is 0.0638. The van der Waals surface area contributed by atoms with Crippen LogP contribution in [0.3, 0.4) is 0 Å². The third kappa shape index (κ3) is 13.6. The third-order valence-electron chi connectivity index (χ3n) is 9.08. The van der Waals surface area contributed by atoms with Crippen LogP contribution in [0, 0.1) is 29.6 Å². The van der Waals surface area contributed by atoms with Gasteiger partial charge < -0.3 is 19.8 Å². The molecule has 0 saturated heterocycles. The van der Waals surface area contributed by atoms with Crippen LogP contribution in [-0.2, 0) is 9.53 Å². The van der Waals surface area contributed by atoms with Gasteiger partial charge in [0.2, 0.25) is 0 Å². The molecule has 1 heterocycles. The van der Waals surface area contributed by atoms with Crippen LogP contribution in [-0.4, -0.2) is 64.9 Å². The van der Waals surface area contributed by atoms with Gasteiger partial charge in [0.05, 0.1) is 23.9 Å². The Kier molecular flexibility index (Phi) is 19.0. The number of carbonyl (C=O) groups is 1. The van der Waals surface area contributed by atoms with E-state index in [2.05, 4.69) is 72.7 Å². The van der Waals surface area contributed by atoms with Crippen molar-refractivity contribution in [2.24, 2.45) is 29.6 Å². The summed E-state index contributed by atoms with van der Waals surface area (Å²) in [7, 11) is 4.19. The third-order valence-corrected chi connectivity index (χ3v) is 9.08. The van der Waals surface area contributed by atoms with Gasteiger partial charge in [-0.1, -0.05) is 80.9 Å². The Balaban J connectivity index is 0.000000920. The Labute approximate surface area is 243 Å². The van der Waals surface area contributed by atoms with Crippen molar-refractivity contribution >= 4 is 5.78 Å². The Morgan fingerprint density at radius 3 is 2.23 bits per heavy atom. The Hall–Kier alpha value is -0.750. The average Bonchev–Trinajstić information content (AvgIpc) is 3.29. The van der Waals surface area contributed by atoms with Gasteiger partial charge in [0.15, 0.2) is 0 Å². The molecule has 5 heteroatoms. The van der Waals surface area contributed by atoms with Gasteiger partial charge in [-0.15, -0.1) is 0 Å². The number of nitrogens with zero attached hydrogens (tertiary/aromatic N) is 1. The van der Waals surface area contributed by atoms with Crippen LogP contribution in [0.15, 0.2) is 12.2 Å². The highest BCUT2D eigenvalue weighted by Crippen LogP contribution is 2.35. The molecule has 1 aliphatic carbocycles. The van der Waals surface area contributed by atoms with Crippen LogP contribution >= 0.6 is 0 Å². The highest BCUT2D eigenvalue weighted by atomic mass is 16.5. The van der Waals surface area contributed by atoms with E-state index in [0.717, 1.165) is 44.9 Å². The Morgan fingerprint density at radius 2 is 1.72 bits per heavy atom. The number of hydrogen-bond donors (Lipinski definition) is 2. The molecular weight excluding hydrogens is 486 g/mol. The first-order valence-corrected chi connectivity index (χ1v) is 16.2. The zero-order valence-corrected chi connectivity index (χ0v) is 27.9. The number of carbonyl (C=O) groups excluding carboxylic acids is 1. The van der Waals surface area contributed by atoms with E-state index < -0.39 is 6.10 Å². The summed E-state index contributed by atoms with van der Waals surface area (Å²) < 4.78 is 6.30. The molecule has 0 spiro atoms. The molecule has 0 aromatic carbocycles. The minimum atomic E-state index is -0.534. The number of ketones is 1. The van der Waals surface area contributed by atoms with Gasteiger partial charge in [0, 0.05) is 18.4 Å². The molecular formula is C34H67NO4. The smallest absolute Gasteiger partial charge is 0.138 e. The minimum Gasteiger partial charge on any atom is -0.393 e. The van der Waals surface area contributed by atoms with Gasteiger partial charge in [-0.3, -0.25) is 4.79 Å². The average molecular weight is 554 g/mol. The fraction of sp³-hybridized carbons (Fsp3) is 0.912. The molecule has 0 amide bonds. The summed E-state index contributed by atoms with van der Waals surface area (Å²) >= 11 is 0. The molecule has 1 saturated carbocycles. The first-order chi connectivity index (χ1) is 18.2. The predicted octanol–water partition coefficient (Wildman–Crippen LogP) is 7.68. The second kappa shape index (κ2) is 19.4. The summed E-state index contributed by atoms with van der Waals surface area (Å²) in [6.07, 6.45) is 12.9. The molecule has 10 unspecified atom stereocenters. The maximum atomic E-state index is 12.0. The molecule has 0 bridgehead atoms. The van der Waals surface area contributed by atoms with Crippen molar-refractivity contribution in [1.82, 2.24) is 4.90 Å². The van der Waals surface area contributed by atoms with E-state index in [1.807, 2.05) is 27.7 Å². The van der Waals surface area contributed by atoms with E-state index >= 15 is 0 Å². The fourth-order valence-corrected chi connectivity index (χ4v) is 6.00. The van der Waals surface area contributed by atoms with Crippen molar-refractivity contribution in [1.29, 1.82) is 0 Å². The van der Waals surface area contributed by atoms with E-state index in [9.17, 15) is 15.0 Å². The summed E-state index contributed by atoms with van der Waals surface area (Å²) in [5.74, 6) is 1.80. The number of rotatable bonds is 13. The molecule has 1 aliphatic heterocycles. The molecule has 232 valence electrons. The monoisotopic (exact) mass is 554 g/mol.